The number of nitrogens with zero attached hydrogens (tertiary/aromatic N) is 1. The summed E-state index contributed by atoms with van der Waals surface area (Å²) >= 11 is 0. The molecule has 1 aromatic carbocycles. The molecular formula is C13H16F3N3O. The number of carbonyl (C=O) groups is 1. The van der Waals surface area contributed by atoms with Gasteiger partial charge in [-0.05, 0) is 24.1 Å². The molecule has 1 aliphatic rings. The number of rotatable bonds is 2. The summed E-state index contributed by atoms with van der Waals surface area (Å²) in [4.78, 5) is 13.4. The van der Waals surface area contributed by atoms with Gasteiger partial charge in [0, 0.05) is 25.7 Å². The van der Waals surface area contributed by atoms with Gasteiger partial charge in [0.2, 0.25) is 0 Å². The van der Waals surface area contributed by atoms with E-state index in [1.54, 1.807) is 4.90 Å². The van der Waals surface area contributed by atoms with E-state index in [1.165, 1.54) is 12.1 Å². The van der Waals surface area contributed by atoms with Crippen molar-refractivity contribution >= 4 is 6.03 Å². The number of benzene rings is 1. The molecule has 1 heterocycles. The molecule has 110 valence electrons. The van der Waals surface area contributed by atoms with Gasteiger partial charge in [0.15, 0.2) is 0 Å². The van der Waals surface area contributed by atoms with Crippen molar-refractivity contribution in [2.75, 3.05) is 13.1 Å². The molecule has 4 nitrogen and oxygen atoms in total. The smallest absolute Gasteiger partial charge is 0.334 e. The van der Waals surface area contributed by atoms with Crippen LogP contribution in [-0.4, -0.2) is 30.1 Å². The van der Waals surface area contributed by atoms with Gasteiger partial charge in [0.1, 0.15) is 0 Å². The molecule has 1 aromatic rings. The molecule has 7 heteroatoms. The first kappa shape index (κ1) is 14.6. The summed E-state index contributed by atoms with van der Waals surface area (Å²) in [5.41, 5.74) is 5.62. The molecule has 0 saturated carbocycles. The predicted molar refractivity (Wildman–Crippen MR) is 67.8 cm³/mol. The van der Waals surface area contributed by atoms with Crippen LogP contribution in [0.5, 0.6) is 0 Å². The standard InChI is InChI=1S/C13H16F3N3O/c14-13(15,16)10-3-1-9(2-4-10)7-18-12(20)19-6-5-11(17)8-19/h1-4,11H,5-8,17H2,(H,18,20)/t11-/m0/s1. The van der Waals surface area contributed by atoms with E-state index in [2.05, 4.69) is 5.32 Å². The Balaban J connectivity index is 1.86. The number of amides is 2. The highest BCUT2D eigenvalue weighted by atomic mass is 19.4. The zero-order chi connectivity index (χ0) is 14.8. The fourth-order valence-electron chi connectivity index (χ4n) is 2.07. The molecule has 2 amide bonds. The van der Waals surface area contributed by atoms with Crippen LogP contribution in [-0.2, 0) is 12.7 Å². The summed E-state index contributed by atoms with van der Waals surface area (Å²) in [7, 11) is 0. The molecule has 0 unspecified atom stereocenters. The van der Waals surface area contributed by atoms with Gasteiger partial charge < -0.3 is 16.0 Å². The number of urea groups is 1. The predicted octanol–water partition coefficient (Wildman–Crippen LogP) is 1.95. The normalized spacial score (nSPS) is 19.2. The highest BCUT2D eigenvalue weighted by Crippen LogP contribution is 2.29. The van der Waals surface area contributed by atoms with Crippen LogP contribution in [0.1, 0.15) is 17.5 Å². The Morgan fingerprint density at radius 3 is 2.50 bits per heavy atom. The maximum atomic E-state index is 12.4. The maximum absolute atomic E-state index is 12.4. The van der Waals surface area contributed by atoms with E-state index in [0.29, 0.717) is 18.7 Å². The van der Waals surface area contributed by atoms with Crippen molar-refractivity contribution in [3.63, 3.8) is 0 Å². The number of likely N-dealkylation sites (tertiary alicyclic amines) is 1. The average molecular weight is 287 g/mol. The molecule has 1 saturated heterocycles. The summed E-state index contributed by atoms with van der Waals surface area (Å²) in [6.45, 7) is 1.32. The first-order chi connectivity index (χ1) is 9.36. The minimum absolute atomic E-state index is 0.00631. The highest BCUT2D eigenvalue weighted by molar-refractivity contribution is 5.74. The zero-order valence-electron chi connectivity index (χ0n) is 10.8. The molecule has 2 rings (SSSR count). The molecular weight excluding hydrogens is 271 g/mol. The minimum atomic E-state index is -4.34. The number of carbonyl (C=O) groups excluding carboxylic acids is 1. The van der Waals surface area contributed by atoms with Gasteiger partial charge in [-0.1, -0.05) is 12.1 Å². The Morgan fingerprint density at radius 2 is 2.00 bits per heavy atom. The first-order valence-corrected chi connectivity index (χ1v) is 6.31. The lowest BCUT2D eigenvalue weighted by molar-refractivity contribution is -0.137. The molecule has 1 fully saturated rings. The number of hydrogen-bond acceptors (Lipinski definition) is 2. The molecule has 20 heavy (non-hydrogen) atoms. The van der Waals surface area contributed by atoms with Crippen molar-refractivity contribution in [2.24, 2.45) is 5.73 Å². The summed E-state index contributed by atoms with van der Waals surface area (Å²) < 4.78 is 37.2. The van der Waals surface area contributed by atoms with E-state index in [0.717, 1.165) is 18.6 Å². The van der Waals surface area contributed by atoms with Gasteiger partial charge in [-0.25, -0.2) is 4.79 Å². The molecule has 0 radical (unpaired) electrons. The highest BCUT2D eigenvalue weighted by Gasteiger charge is 2.30. The molecule has 0 aliphatic carbocycles. The second kappa shape index (κ2) is 5.70. The minimum Gasteiger partial charge on any atom is -0.334 e. The lowest BCUT2D eigenvalue weighted by atomic mass is 10.1. The lowest BCUT2D eigenvalue weighted by Gasteiger charge is -2.16. The second-order valence-corrected chi connectivity index (χ2v) is 4.85. The molecule has 0 spiro atoms. The van der Waals surface area contributed by atoms with E-state index in [9.17, 15) is 18.0 Å². The van der Waals surface area contributed by atoms with E-state index in [-0.39, 0.29) is 18.6 Å². The van der Waals surface area contributed by atoms with Crippen LogP contribution in [0.4, 0.5) is 18.0 Å². The SMILES string of the molecule is N[C@H]1CCN(C(=O)NCc2ccc(C(F)(F)F)cc2)C1. The van der Waals surface area contributed by atoms with Gasteiger partial charge >= 0.3 is 12.2 Å². The first-order valence-electron chi connectivity index (χ1n) is 6.31. The monoisotopic (exact) mass is 287 g/mol. The van der Waals surface area contributed by atoms with E-state index < -0.39 is 11.7 Å². The van der Waals surface area contributed by atoms with E-state index in [1.807, 2.05) is 0 Å². The topological polar surface area (TPSA) is 58.4 Å². The molecule has 1 aliphatic heterocycles. The van der Waals surface area contributed by atoms with Crippen LogP contribution >= 0.6 is 0 Å². The number of halogens is 3. The Labute approximate surface area is 114 Å². The van der Waals surface area contributed by atoms with Crippen molar-refractivity contribution in [1.82, 2.24) is 10.2 Å². The Morgan fingerprint density at radius 1 is 1.35 bits per heavy atom. The van der Waals surface area contributed by atoms with Gasteiger partial charge in [0.25, 0.3) is 0 Å². The summed E-state index contributed by atoms with van der Waals surface area (Å²) in [6.07, 6.45) is -3.57. The number of hydrogen-bond donors (Lipinski definition) is 2. The van der Waals surface area contributed by atoms with Gasteiger partial charge in [-0.3, -0.25) is 0 Å². The van der Waals surface area contributed by atoms with Crippen LogP contribution in [0.25, 0.3) is 0 Å². The van der Waals surface area contributed by atoms with E-state index >= 15 is 0 Å². The van der Waals surface area contributed by atoms with Crippen LogP contribution in [0.2, 0.25) is 0 Å². The second-order valence-electron chi connectivity index (χ2n) is 4.85. The Hall–Kier alpha value is -1.76. The quantitative estimate of drug-likeness (QED) is 0.873. The molecule has 0 aromatic heterocycles. The van der Waals surface area contributed by atoms with Crippen LogP contribution < -0.4 is 11.1 Å². The fraction of sp³-hybridized carbons (Fsp3) is 0.462. The third-order valence-electron chi connectivity index (χ3n) is 3.24. The van der Waals surface area contributed by atoms with Crippen LogP contribution in [0.15, 0.2) is 24.3 Å². The number of nitrogens with two attached hydrogens (primary N) is 1. The van der Waals surface area contributed by atoms with Gasteiger partial charge in [0.05, 0.1) is 5.56 Å². The number of nitrogens with one attached hydrogen (secondary N) is 1. The maximum Gasteiger partial charge on any atom is 0.416 e. The molecule has 0 bridgehead atoms. The molecule has 1 atom stereocenters. The van der Waals surface area contributed by atoms with Crippen molar-refractivity contribution in [1.29, 1.82) is 0 Å². The number of alkyl halides is 3. The third kappa shape index (κ3) is 3.63. The van der Waals surface area contributed by atoms with Crippen molar-refractivity contribution in [2.45, 2.75) is 25.2 Å². The lowest BCUT2D eigenvalue weighted by Crippen LogP contribution is -2.39. The fourth-order valence-corrected chi connectivity index (χ4v) is 2.07. The van der Waals surface area contributed by atoms with Crippen LogP contribution in [0, 0.1) is 0 Å². The van der Waals surface area contributed by atoms with E-state index in [4.69, 9.17) is 5.73 Å². The Kier molecular flexibility index (Phi) is 4.17. The van der Waals surface area contributed by atoms with Crippen LogP contribution in [0.3, 0.4) is 0 Å². The van der Waals surface area contributed by atoms with Crippen molar-refractivity contribution in [3.8, 4) is 0 Å². The Bertz CT molecular complexity index is 473. The van der Waals surface area contributed by atoms with Crippen molar-refractivity contribution < 1.29 is 18.0 Å². The largest absolute Gasteiger partial charge is 0.416 e. The summed E-state index contributed by atoms with van der Waals surface area (Å²) in [5, 5.41) is 2.67. The third-order valence-corrected chi connectivity index (χ3v) is 3.24. The molecule has 3 N–H and O–H groups in total. The summed E-state index contributed by atoms with van der Waals surface area (Å²) in [5.74, 6) is 0. The van der Waals surface area contributed by atoms with Gasteiger partial charge in [-0.15, -0.1) is 0 Å². The van der Waals surface area contributed by atoms with Gasteiger partial charge in [-0.2, -0.15) is 13.2 Å². The van der Waals surface area contributed by atoms with Crippen molar-refractivity contribution in [3.05, 3.63) is 35.4 Å². The zero-order valence-corrected chi connectivity index (χ0v) is 10.8. The summed E-state index contributed by atoms with van der Waals surface area (Å²) in [6, 6.07) is 4.50. The average Bonchev–Trinajstić information content (AvgIpc) is 2.82.